The molecule has 2 N–H and O–H groups in total. The third-order valence-corrected chi connectivity index (χ3v) is 6.18. The molecule has 0 spiro atoms. The fourth-order valence-electron chi connectivity index (χ4n) is 3.53. The molecule has 3 rings (SSSR count). The molecule has 2 amide bonds. The molecular formula is C25H12BrF13N2O3. The molecule has 0 radical (unpaired) electrons. The van der Waals surface area contributed by atoms with Gasteiger partial charge in [0.05, 0.1) is 11.3 Å². The lowest BCUT2D eigenvalue weighted by atomic mass is 9.93. The van der Waals surface area contributed by atoms with Crippen molar-refractivity contribution >= 4 is 39.1 Å². The number of hydrogen-bond acceptors (Lipinski definition) is 3. The molecule has 0 aliphatic carbocycles. The first-order valence-electron chi connectivity index (χ1n) is 11.3. The number of halogens is 14. The minimum absolute atomic E-state index is 0.152. The number of anilines is 2. The molecule has 0 aromatic heterocycles. The Balaban J connectivity index is 1.95. The van der Waals surface area contributed by atoms with Crippen LogP contribution < -0.4 is 15.4 Å². The van der Waals surface area contributed by atoms with Gasteiger partial charge < -0.3 is 15.4 Å². The molecule has 3 aromatic rings. The summed E-state index contributed by atoms with van der Waals surface area (Å²) in [5.41, 5.74) is -11.6. The van der Waals surface area contributed by atoms with Crippen LogP contribution in [0.5, 0.6) is 5.75 Å². The van der Waals surface area contributed by atoms with Gasteiger partial charge >= 0.3 is 30.6 Å². The van der Waals surface area contributed by atoms with Crippen LogP contribution in [0.4, 0.5) is 68.5 Å². The van der Waals surface area contributed by atoms with Crippen molar-refractivity contribution in [1.82, 2.24) is 0 Å². The van der Waals surface area contributed by atoms with Crippen molar-refractivity contribution < 1.29 is 71.4 Å². The van der Waals surface area contributed by atoms with Crippen LogP contribution in [-0.2, 0) is 11.8 Å². The van der Waals surface area contributed by atoms with Crippen LogP contribution in [0, 0.1) is 0 Å². The summed E-state index contributed by atoms with van der Waals surface area (Å²) in [5, 5.41) is 4.04. The summed E-state index contributed by atoms with van der Waals surface area (Å²) in [4.78, 5) is 25.2. The van der Waals surface area contributed by atoms with Gasteiger partial charge in [-0.3, -0.25) is 9.59 Å². The van der Waals surface area contributed by atoms with Crippen LogP contribution in [0.15, 0.2) is 65.1 Å². The second kappa shape index (κ2) is 11.8. The molecule has 0 saturated heterocycles. The van der Waals surface area contributed by atoms with Crippen molar-refractivity contribution in [3.05, 3.63) is 87.4 Å². The van der Waals surface area contributed by atoms with Gasteiger partial charge in [0.25, 0.3) is 11.8 Å². The van der Waals surface area contributed by atoms with Crippen molar-refractivity contribution in [2.24, 2.45) is 0 Å². The molecule has 0 unspecified atom stereocenters. The van der Waals surface area contributed by atoms with Crippen molar-refractivity contribution in [3.8, 4) is 5.75 Å². The van der Waals surface area contributed by atoms with Crippen LogP contribution in [0.25, 0.3) is 0 Å². The molecule has 19 heteroatoms. The largest absolute Gasteiger partial charge is 0.573 e. The lowest BCUT2D eigenvalue weighted by molar-refractivity contribution is -0.348. The predicted molar refractivity (Wildman–Crippen MR) is 130 cm³/mol. The smallest absolute Gasteiger partial charge is 0.404 e. The minimum atomic E-state index is -6.68. The normalized spacial score (nSPS) is 13.0. The van der Waals surface area contributed by atoms with E-state index in [0.717, 1.165) is 30.3 Å². The third kappa shape index (κ3) is 7.54. The lowest BCUT2D eigenvalue weighted by Crippen LogP contribution is -2.50. The van der Waals surface area contributed by atoms with Crippen LogP contribution in [0.3, 0.4) is 0 Å². The van der Waals surface area contributed by atoms with E-state index in [9.17, 15) is 66.7 Å². The fourth-order valence-corrected chi connectivity index (χ4v) is 4.07. The predicted octanol–water partition coefficient (Wildman–Crippen LogP) is 9.16. The molecule has 3 aromatic carbocycles. The van der Waals surface area contributed by atoms with Gasteiger partial charge in [-0.05, 0) is 70.5 Å². The van der Waals surface area contributed by atoms with Crippen LogP contribution in [0.1, 0.15) is 31.8 Å². The number of carbonyl (C=O) groups excluding carboxylic acids is 2. The van der Waals surface area contributed by atoms with Crippen LogP contribution >= 0.6 is 15.9 Å². The first-order valence-corrected chi connectivity index (χ1v) is 12.1. The number of carbonyl (C=O) groups is 2. The number of rotatable bonds is 6. The van der Waals surface area contributed by atoms with E-state index < -0.39 is 81.0 Å². The SMILES string of the molecule is O=C(Nc1cccc(C(=O)Nc2c(Br)cc(C(F)(C(F)(F)F)C(F)(F)F)cc2OC(F)(F)F)c1)c1ccc(C(F)(F)F)cc1. The molecule has 44 heavy (non-hydrogen) atoms. The average molecular weight is 715 g/mol. The Morgan fingerprint density at radius 1 is 0.636 bits per heavy atom. The second-order valence-electron chi connectivity index (χ2n) is 8.60. The molecule has 0 fully saturated rings. The van der Waals surface area contributed by atoms with Crippen molar-refractivity contribution in [1.29, 1.82) is 0 Å². The van der Waals surface area contributed by atoms with E-state index in [1.807, 2.05) is 0 Å². The van der Waals surface area contributed by atoms with Crippen LogP contribution in [0.2, 0.25) is 0 Å². The van der Waals surface area contributed by atoms with Crippen molar-refractivity contribution in [3.63, 3.8) is 0 Å². The Hall–Kier alpha value is -4.03. The van der Waals surface area contributed by atoms with Gasteiger partial charge in [-0.2, -0.15) is 39.5 Å². The van der Waals surface area contributed by atoms with Gasteiger partial charge in [0.2, 0.25) is 0 Å². The first kappa shape index (κ1) is 34.5. The highest BCUT2D eigenvalue weighted by Gasteiger charge is 2.73. The van der Waals surface area contributed by atoms with Crippen LogP contribution in [-0.4, -0.2) is 30.5 Å². The minimum Gasteiger partial charge on any atom is -0.404 e. The number of hydrogen-bond donors (Lipinski definition) is 2. The molecule has 0 bridgehead atoms. The fraction of sp³-hybridized carbons (Fsp3) is 0.200. The third-order valence-electron chi connectivity index (χ3n) is 5.55. The maximum Gasteiger partial charge on any atom is 0.573 e. The number of benzene rings is 3. The van der Waals surface area contributed by atoms with Gasteiger partial charge in [-0.25, -0.2) is 4.39 Å². The highest BCUT2D eigenvalue weighted by molar-refractivity contribution is 9.10. The van der Waals surface area contributed by atoms with E-state index in [-0.39, 0.29) is 17.3 Å². The lowest BCUT2D eigenvalue weighted by Gasteiger charge is -2.31. The number of amides is 2. The van der Waals surface area contributed by atoms with Gasteiger partial charge in [0.1, 0.15) is 0 Å². The van der Waals surface area contributed by atoms with E-state index >= 15 is 0 Å². The monoisotopic (exact) mass is 714 g/mol. The number of ether oxygens (including phenoxy) is 1. The van der Waals surface area contributed by atoms with Gasteiger partial charge in [-0.15, -0.1) is 13.2 Å². The van der Waals surface area contributed by atoms with Crippen molar-refractivity contribution in [2.45, 2.75) is 30.6 Å². The maximum atomic E-state index is 14.6. The molecule has 0 aliphatic rings. The van der Waals surface area contributed by atoms with Gasteiger partial charge in [-0.1, -0.05) is 6.07 Å². The van der Waals surface area contributed by atoms with Crippen molar-refractivity contribution in [2.75, 3.05) is 10.6 Å². The highest BCUT2D eigenvalue weighted by Crippen LogP contribution is 2.55. The zero-order chi connectivity index (χ0) is 33.5. The zero-order valence-electron chi connectivity index (χ0n) is 20.8. The second-order valence-corrected chi connectivity index (χ2v) is 9.45. The summed E-state index contributed by atoms with van der Waals surface area (Å²) in [6.07, 6.45) is -23.8. The van der Waals surface area contributed by atoms with E-state index in [4.69, 9.17) is 0 Å². The number of alkyl halides is 13. The summed E-state index contributed by atoms with van der Waals surface area (Å²) >= 11 is 2.43. The molecule has 5 nitrogen and oxygen atoms in total. The number of nitrogens with one attached hydrogen (secondary N) is 2. The Morgan fingerprint density at radius 2 is 1.18 bits per heavy atom. The standard InChI is InChI=1S/C25H12BrF13N2O3/c26-16-9-14(21(27,23(31,32)33)24(34,35)36)10-17(44-25(37,38)39)18(16)41-20(43)12-2-1-3-15(8-12)40-19(42)11-4-6-13(7-5-11)22(28,29)30/h1-10H,(H,40,42)(H,41,43). The average Bonchev–Trinajstić information content (AvgIpc) is 2.87. The summed E-state index contributed by atoms with van der Waals surface area (Å²) in [5.74, 6) is -4.13. The highest BCUT2D eigenvalue weighted by atomic mass is 79.9. The van der Waals surface area contributed by atoms with E-state index in [1.165, 1.54) is 6.07 Å². The quantitative estimate of drug-likeness (QED) is 0.250. The van der Waals surface area contributed by atoms with Gasteiger partial charge in [0, 0.05) is 26.9 Å². The summed E-state index contributed by atoms with van der Waals surface area (Å²) in [6.45, 7) is 0. The van der Waals surface area contributed by atoms with E-state index in [0.29, 0.717) is 12.1 Å². The first-order chi connectivity index (χ1) is 19.9. The summed E-state index contributed by atoms with van der Waals surface area (Å²) in [7, 11) is 0. The summed E-state index contributed by atoms with van der Waals surface area (Å²) in [6, 6.07) is 6.53. The zero-order valence-corrected chi connectivity index (χ0v) is 22.4. The Morgan fingerprint density at radius 3 is 1.68 bits per heavy atom. The molecule has 238 valence electrons. The molecule has 0 saturated carbocycles. The molecular weight excluding hydrogens is 703 g/mol. The Kier molecular flexibility index (Phi) is 9.25. The summed E-state index contributed by atoms with van der Waals surface area (Å²) < 4.78 is 173. The molecule has 0 atom stereocenters. The molecule has 0 aliphatic heterocycles. The molecule has 0 heterocycles. The Labute approximate surface area is 245 Å². The van der Waals surface area contributed by atoms with E-state index in [2.05, 4.69) is 26.0 Å². The Bertz CT molecular complexity index is 1530. The topological polar surface area (TPSA) is 67.4 Å². The maximum absolute atomic E-state index is 14.6. The van der Waals surface area contributed by atoms with E-state index in [1.54, 1.807) is 5.32 Å². The van der Waals surface area contributed by atoms with Gasteiger partial charge in [0.15, 0.2) is 5.75 Å².